The van der Waals surface area contributed by atoms with Gasteiger partial charge in [0.05, 0.1) is 16.7 Å². The van der Waals surface area contributed by atoms with Gasteiger partial charge in [0, 0.05) is 37.2 Å². The molecule has 28 heavy (non-hydrogen) atoms. The largest absolute Gasteiger partial charge is 0.367 e. The molecule has 2 N–H and O–H groups in total. The average molecular weight is 374 g/mol. The first-order valence-corrected chi connectivity index (χ1v) is 8.78. The molecule has 3 heterocycles. The fraction of sp³-hybridized carbons (Fsp3) is 0.158. The number of amides is 1. The Morgan fingerprint density at radius 2 is 1.86 bits per heavy atom. The highest BCUT2D eigenvalue weighted by atomic mass is 16.1. The van der Waals surface area contributed by atoms with Crippen LogP contribution in [0.5, 0.6) is 0 Å². The van der Waals surface area contributed by atoms with Gasteiger partial charge in [0.15, 0.2) is 5.82 Å². The molecule has 0 aliphatic carbocycles. The number of rotatable bonds is 6. The van der Waals surface area contributed by atoms with Crippen LogP contribution in [-0.4, -0.2) is 48.9 Å². The lowest BCUT2D eigenvalue weighted by Crippen LogP contribution is -2.28. The summed E-state index contributed by atoms with van der Waals surface area (Å²) >= 11 is 0. The maximum atomic E-state index is 12.3. The van der Waals surface area contributed by atoms with Crippen LogP contribution in [-0.2, 0) is 0 Å². The van der Waals surface area contributed by atoms with Crippen LogP contribution < -0.4 is 10.6 Å². The van der Waals surface area contributed by atoms with Gasteiger partial charge in [0.25, 0.3) is 5.91 Å². The number of hydrogen-bond donors (Lipinski definition) is 2. The normalized spacial score (nSPS) is 10.8. The van der Waals surface area contributed by atoms with Crippen LogP contribution in [0, 0.1) is 6.92 Å². The summed E-state index contributed by atoms with van der Waals surface area (Å²) < 4.78 is 1.67. The third-order valence-electron chi connectivity index (χ3n) is 4.06. The molecule has 3 aromatic heterocycles. The Morgan fingerprint density at radius 3 is 2.61 bits per heavy atom. The van der Waals surface area contributed by atoms with Gasteiger partial charge in [0.1, 0.15) is 5.82 Å². The number of aromatic nitrogens is 6. The van der Waals surface area contributed by atoms with E-state index >= 15 is 0 Å². The first kappa shape index (κ1) is 17.5. The van der Waals surface area contributed by atoms with Crippen molar-refractivity contribution in [2.45, 2.75) is 6.92 Å². The highest BCUT2D eigenvalue weighted by Crippen LogP contribution is 2.11. The van der Waals surface area contributed by atoms with E-state index in [1.807, 2.05) is 31.3 Å². The fourth-order valence-corrected chi connectivity index (χ4v) is 2.66. The first-order chi connectivity index (χ1) is 13.7. The highest BCUT2D eigenvalue weighted by molar-refractivity contribution is 5.97. The molecule has 4 aromatic rings. The molecule has 1 amide bonds. The van der Waals surface area contributed by atoms with E-state index in [-0.39, 0.29) is 5.91 Å². The van der Waals surface area contributed by atoms with Crippen molar-refractivity contribution < 1.29 is 4.79 Å². The second-order valence-electron chi connectivity index (χ2n) is 6.12. The maximum absolute atomic E-state index is 12.3. The van der Waals surface area contributed by atoms with Gasteiger partial charge in [-0.05, 0) is 43.3 Å². The number of fused-ring (bicyclic) bond motifs is 1. The van der Waals surface area contributed by atoms with Crippen molar-refractivity contribution in [2.24, 2.45) is 0 Å². The zero-order valence-corrected chi connectivity index (χ0v) is 15.2. The van der Waals surface area contributed by atoms with Gasteiger partial charge in [-0.3, -0.25) is 14.8 Å². The van der Waals surface area contributed by atoms with Gasteiger partial charge in [0.2, 0.25) is 0 Å². The van der Waals surface area contributed by atoms with E-state index in [0.717, 1.165) is 11.2 Å². The number of nitrogens with zero attached hydrogens (tertiary/aromatic N) is 6. The van der Waals surface area contributed by atoms with E-state index < -0.39 is 0 Å². The van der Waals surface area contributed by atoms with E-state index in [2.05, 4.69) is 35.9 Å². The number of nitrogens with one attached hydrogen (secondary N) is 2. The molecular formula is C19H18N8O. The van der Waals surface area contributed by atoms with Crippen LogP contribution in [0.25, 0.3) is 16.9 Å². The number of carbonyl (C=O) groups is 1. The molecule has 9 heteroatoms. The summed E-state index contributed by atoms with van der Waals surface area (Å²) in [5, 5.41) is 18.5. The SMILES string of the molecule is Cc1ccn(-c2ccc(NCCNC(=O)c3ccc4nccnc4c3)nn2)n1. The van der Waals surface area contributed by atoms with Gasteiger partial charge < -0.3 is 10.6 Å². The van der Waals surface area contributed by atoms with Crippen LogP contribution in [0.2, 0.25) is 0 Å². The number of aryl methyl sites for hydroxylation is 1. The smallest absolute Gasteiger partial charge is 0.251 e. The van der Waals surface area contributed by atoms with E-state index in [1.54, 1.807) is 35.3 Å². The van der Waals surface area contributed by atoms with E-state index in [0.29, 0.717) is 35.8 Å². The molecule has 0 radical (unpaired) electrons. The molecule has 0 bridgehead atoms. The molecule has 0 aliphatic heterocycles. The van der Waals surface area contributed by atoms with Gasteiger partial charge in [-0.15, -0.1) is 10.2 Å². The van der Waals surface area contributed by atoms with Crippen molar-refractivity contribution >= 4 is 22.8 Å². The summed E-state index contributed by atoms with van der Waals surface area (Å²) in [6.07, 6.45) is 5.06. The zero-order valence-electron chi connectivity index (χ0n) is 15.2. The second-order valence-corrected chi connectivity index (χ2v) is 6.12. The Kier molecular flexibility index (Phi) is 4.87. The van der Waals surface area contributed by atoms with Gasteiger partial charge in [-0.1, -0.05) is 0 Å². The summed E-state index contributed by atoms with van der Waals surface area (Å²) in [4.78, 5) is 20.7. The standard InChI is InChI=1S/C19H18N8O/c1-13-6-11-27(26-13)18-5-4-17(24-25-18)22-9-10-23-19(28)14-2-3-15-16(12-14)21-8-7-20-15/h2-8,11-12H,9-10H2,1H3,(H,22,24)(H,23,28). The molecule has 0 atom stereocenters. The van der Waals surface area contributed by atoms with Crippen LogP contribution in [0.4, 0.5) is 5.82 Å². The Hall–Kier alpha value is -3.88. The van der Waals surface area contributed by atoms with Crippen LogP contribution in [0.1, 0.15) is 16.1 Å². The molecule has 0 saturated carbocycles. The third kappa shape index (κ3) is 3.93. The van der Waals surface area contributed by atoms with Crippen molar-refractivity contribution in [2.75, 3.05) is 18.4 Å². The van der Waals surface area contributed by atoms with Crippen molar-refractivity contribution in [1.29, 1.82) is 0 Å². The summed E-state index contributed by atoms with van der Waals surface area (Å²) in [5.41, 5.74) is 2.91. The summed E-state index contributed by atoms with van der Waals surface area (Å²) in [6.45, 7) is 2.88. The molecule has 140 valence electrons. The first-order valence-electron chi connectivity index (χ1n) is 8.78. The third-order valence-corrected chi connectivity index (χ3v) is 4.06. The van der Waals surface area contributed by atoms with E-state index in [9.17, 15) is 4.79 Å². The van der Waals surface area contributed by atoms with Crippen LogP contribution >= 0.6 is 0 Å². The van der Waals surface area contributed by atoms with Crippen molar-refractivity contribution in [3.05, 3.63) is 66.2 Å². The van der Waals surface area contributed by atoms with Gasteiger partial charge in [-0.2, -0.15) is 5.10 Å². The average Bonchev–Trinajstić information content (AvgIpc) is 3.17. The predicted molar refractivity (Wildman–Crippen MR) is 104 cm³/mol. The van der Waals surface area contributed by atoms with E-state index in [1.165, 1.54) is 0 Å². The van der Waals surface area contributed by atoms with E-state index in [4.69, 9.17) is 0 Å². The Labute approximate surface area is 160 Å². The Morgan fingerprint density at radius 1 is 1.00 bits per heavy atom. The maximum Gasteiger partial charge on any atom is 0.251 e. The molecule has 0 spiro atoms. The lowest BCUT2D eigenvalue weighted by Gasteiger charge is -2.08. The van der Waals surface area contributed by atoms with Crippen molar-refractivity contribution in [1.82, 2.24) is 35.3 Å². The van der Waals surface area contributed by atoms with Gasteiger partial charge >= 0.3 is 0 Å². The Balaban J connectivity index is 1.28. The summed E-state index contributed by atoms with van der Waals surface area (Å²) in [5.74, 6) is 1.11. The van der Waals surface area contributed by atoms with Crippen LogP contribution in [0.15, 0.2) is 55.0 Å². The molecule has 9 nitrogen and oxygen atoms in total. The minimum Gasteiger partial charge on any atom is -0.367 e. The van der Waals surface area contributed by atoms with Crippen molar-refractivity contribution in [3.8, 4) is 5.82 Å². The minimum atomic E-state index is -0.162. The Bertz CT molecular complexity index is 1110. The lowest BCUT2D eigenvalue weighted by molar-refractivity contribution is 0.0955. The minimum absolute atomic E-state index is 0.162. The number of carbonyl (C=O) groups excluding carboxylic acids is 1. The summed E-state index contributed by atoms with van der Waals surface area (Å²) in [7, 11) is 0. The topological polar surface area (TPSA) is 111 Å². The van der Waals surface area contributed by atoms with Crippen molar-refractivity contribution in [3.63, 3.8) is 0 Å². The zero-order chi connectivity index (χ0) is 19.3. The van der Waals surface area contributed by atoms with Gasteiger partial charge in [-0.25, -0.2) is 4.68 Å². The molecule has 0 aliphatic rings. The molecule has 0 saturated heterocycles. The predicted octanol–water partition coefficient (Wildman–Crippen LogP) is 1.76. The number of hydrogen-bond acceptors (Lipinski definition) is 7. The summed E-state index contributed by atoms with van der Waals surface area (Å²) in [6, 6.07) is 10.8. The molecule has 1 aromatic carbocycles. The highest BCUT2D eigenvalue weighted by Gasteiger charge is 2.07. The molecule has 0 unspecified atom stereocenters. The quantitative estimate of drug-likeness (QED) is 0.495. The second kappa shape index (κ2) is 7.78. The number of anilines is 1. The molecular weight excluding hydrogens is 356 g/mol. The number of benzene rings is 1. The molecule has 0 fully saturated rings. The monoisotopic (exact) mass is 374 g/mol. The molecule has 4 rings (SSSR count). The van der Waals surface area contributed by atoms with Crippen LogP contribution in [0.3, 0.4) is 0 Å². The fourth-order valence-electron chi connectivity index (χ4n) is 2.66. The lowest BCUT2D eigenvalue weighted by atomic mass is 10.2.